The quantitative estimate of drug-likeness (QED) is 0.521. The number of carbonyl (C=O) groups excluding carboxylic acids is 1. The van der Waals surface area contributed by atoms with E-state index in [9.17, 15) is 4.79 Å². The van der Waals surface area contributed by atoms with Crippen LogP contribution in [0.3, 0.4) is 0 Å². The molecular formula is C13H17N5O2. The summed E-state index contributed by atoms with van der Waals surface area (Å²) in [7, 11) is 0. The van der Waals surface area contributed by atoms with Crippen LogP contribution >= 0.6 is 0 Å². The molecule has 0 aromatic carbocycles. The van der Waals surface area contributed by atoms with Gasteiger partial charge in [-0.2, -0.15) is 0 Å². The zero-order chi connectivity index (χ0) is 14.6. The van der Waals surface area contributed by atoms with Gasteiger partial charge in [-0.1, -0.05) is 0 Å². The van der Waals surface area contributed by atoms with Gasteiger partial charge in [-0.25, -0.2) is 0 Å². The zero-order valence-corrected chi connectivity index (χ0v) is 11.5. The fraction of sp³-hybridized carbons (Fsp3) is 0.538. The summed E-state index contributed by atoms with van der Waals surface area (Å²) in [5.74, 6) is 0.0731. The van der Waals surface area contributed by atoms with Gasteiger partial charge in [0, 0.05) is 23.8 Å². The predicted octanol–water partition coefficient (Wildman–Crippen LogP) is 2.71. The van der Waals surface area contributed by atoms with E-state index in [4.69, 9.17) is 10.3 Å². The third-order valence-corrected chi connectivity index (χ3v) is 3.19. The number of rotatable bonds is 3. The van der Waals surface area contributed by atoms with Crippen LogP contribution in [0, 0.1) is 0 Å². The molecule has 0 unspecified atom stereocenters. The SMILES string of the molecule is CC1(C)C[C@H](NC(=O)c2ccc(N=[N+]=[N-])nc2)CCO1. The molecule has 0 radical (unpaired) electrons. The fourth-order valence-corrected chi connectivity index (χ4v) is 2.25. The largest absolute Gasteiger partial charge is 0.375 e. The molecule has 0 aliphatic carbocycles. The summed E-state index contributed by atoms with van der Waals surface area (Å²) in [4.78, 5) is 18.6. The first-order valence-corrected chi connectivity index (χ1v) is 6.46. The highest BCUT2D eigenvalue weighted by molar-refractivity contribution is 5.94. The van der Waals surface area contributed by atoms with Crippen molar-refractivity contribution in [3.63, 3.8) is 0 Å². The van der Waals surface area contributed by atoms with Crippen LogP contribution in [0.4, 0.5) is 5.82 Å². The van der Waals surface area contributed by atoms with Gasteiger partial charge in [-0.3, -0.25) is 9.78 Å². The third-order valence-electron chi connectivity index (χ3n) is 3.19. The van der Waals surface area contributed by atoms with Crippen LogP contribution in [-0.2, 0) is 4.74 Å². The number of azide groups is 1. The zero-order valence-electron chi connectivity index (χ0n) is 11.5. The van der Waals surface area contributed by atoms with Crippen LogP contribution in [-0.4, -0.2) is 29.1 Å². The van der Waals surface area contributed by atoms with Gasteiger partial charge in [0.2, 0.25) is 0 Å². The maximum Gasteiger partial charge on any atom is 0.253 e. The first-order valence-electron chi connectivity index (χ1n) is 6.46. The van der Waals surface area contributed by atoms with Gasteiger partial charge in [0.1, 0.15) is 5.82 Å². The lowest BCUT2D eigenvalue weighted by molar-refractivity contribution is -0.0615. The van der Waals surface area contributed by atoms with E-state index in [-0.39, 0.29) is 23.4 Å². The molecule has 1 saturated heterocycles. The van der Waals surface area contributed by atoms with E-state index in [1.54, 1.807) is 6.07 Å². The van der Waals surface area contributed by atoms with Gasteiger partial charge in [-0.05, 0) is 49.5 Å². The molecule has 0 saturated carbocycles. The van der Waals surface area contributed by atoms with Gasteiger partial charge in [0.15, 0.2) is 0 Å². The molecule has 1 aliphatic rings. The third kappa shape index (κ3) is 3.69. The summed E-state index contributed by atoms with van der Waals surface area (Å²) < 4.78 is 5.62. The summed E-state index contributed by atoms with van der Waals surface area (Å²) in [6.07, 6.45) is 2.99. The number of nitrogens with zero attached hydrogens (tertiary/aromatic N) is 4. The van der Waals surface area contributed by atoms with E-state index in [1.807, 2.05) is 13.8 Å². The van der Waals surface area contributed by atoms with Crippen LogP contribution in [0.15, 0.2) is 23.4 Å². The molecule has 2 heterocycles. The number of hydrogen-bond donors (Lipinski definition) is 1. The Bertz CT molecular complexity index is 534. The van der Waals surface area contributed by atoms with Crippen LogP contribution < -0.4 is 5.32 Å². The topological polar surface area (TPSA) is 100.0 Å². The Morgan fingerprint density at radius 1 is 1.60 bits per heavy atom. The molecule has 1 amide bonds. The summed E-state index contributed by atoms with van der Waals surface area (Å²) >= 11 is 0. The predicted molar refractivity (Wildman–Crippen MR) is 73.6 cm³/mol. The lowest BCUT2D eigenvalue weighted by Gasteiger charge is -2.35. The molecule has 1 N–H and O–H groups in total. The molecule has 106 valence electrons. The second kappa shape index (κ2) is 5.90. The average molecular weight is 275 g/mol. The Morgan fingerprint density at radius 2 is 2.40 bits per heavy atom. The van der Waals surface area contributed by atoms with Crippen LogP contribution in [0.5, 0.6) is 0 Å². The minimum Gasteiger partial charge on any atom is -0.375 e. The number of ether oxygens (including phenoxy) is 1. The van der Waals surface area contributed by atoms with Crippen LogP contribution in [0.1, 0.15) is 37.0 Å². The summed E-state index contributed by atoms with van der Waals surface area (Å²) in [5, 5.41) is 6.34. The maximum atomic E-state index is 12.1. The fourth-order valence-electron chi connectivity index (χ4n) is 2.25. The van der Waals surface area contributed by atoms with Crippen molar-refractivity contribution in [2.24, 2.45) is 5.11 Å². The minimum absolute atomic E-state index is 0.100. The van der Waals surface area contributed by atoms with E-state index in [2.05, 4.69) is 20.3 Å². The molecule has 7 nitrogen and oxygen atoms in total. The van der Waals surface area contributed by atoms with Crippen LogP contribution in [0.25, 0.3) is 10.4 Å². The van der Waals surface area contributed by atoms with E-state index in [0.29, 0.717) is 12.2 Å². The number of carbonyl (C=O) groups is 1. The van der Waals surface area contributed by atoms with Crippen molar-refractivity contribution in [2.45, 2.75) is 38.3 Å². The molecule has 1 aromatic heterocycles. The van der Waals surface area contributed by atoms with E-state index >= 15 is 0 Å². The highest BCUT2D eigenvalue weighted by Gasteiger charge is 2.29. The molecule has 0 spiro atoms. The van der Waals surface area contributed by atoms with Gasteiger partial charge in [-0.15, -0.1) is 0 Å². The van der Waals surface area contributed by atoms with Crippen molar-refractivity contribution < 1.29 is 9.53 Å². The Kier molecular flexibility index (Phi) is 4.22. The Labute approximate surface area is 117 Å². The first kappa shape index (κ1) is 14.3. The number of aromatic nitrogens is 1. The number of nitrogens with one attached hydrogen (secondary N) is 1. The van der Waals surface area contributed by atoms with Crippen molar-refractivity contribution in [1.82, 2.24) is 10.3 Å². The van der Waals surface area contributed by atoms with Crippen molar-refractivity contribution in [3.8, 4) is 0 Å². The summed E-state index contributed by atoms with van der Waals surface area (Å²) in [6.45, 7) is 4.68. The van der Waals surface area contributed by atoms with Gasteiger partial charge in [0.25, 0.3) is 5.91 Å². The smallest absolute Gasteiger partial charge is 0.253 e. The molecule has 20 heavy (non-hydrogen) atoms. The molecule has 0 bridgehead atoms. The van der Waals surface area contributed by atoms with Gasteiger partial charge >= 0.3 is 0 Å². The van der Waals surface area contributed by atoms with Crippen molar-refractivity contribution in [3.05, 3.63) is 34.3 Å². The second-order valence-corrected chi connectivity index (χ2v) is 5.37. The van der Waals surface area contributed by atoms with Crippen molar-refractivity contribution in [1.29, 1.82) is 0 Å². The molecule has 2 rings (SSSR count). The highest BCUT2D eigenvalue weighted by Crippen LogP contribution is 2.24. The number of amides is 1. The molecular weight excluding hydrogens is 258 g/mol. The Morgan fingerprint density at radius 3 is 3.00 bits per heavy atom. The summed E-state index contributed by atoms with van der Waals surface area (Å²) in [6, 6.07) is 3.21. The van der Waals surface area contributed by atoms with Gasteiger partial charge in [0.05, 0.1) is 11.2 Å². The second-order valence-electron chi connectivity index (χ2n) is 5.37. The molecule has 1 aromatic rings. The number of pyridine rings is 1. The lowest BCUT2D eigenvalue weighted by Crippen LogP contribution is -2.45. The van der Waals surface area contributed by atoms with E-state index in [0.717, 1.165) is 12.8 Å². The highest BCUT2D eigenvalue weighted by atomic mass is 16.5. The molecule has 1 fully saturated rings. The van der Waals surface area contributed by atoms with E-state index < -0.39 is 0 Å². The standard InChI is InChI=1S/C13H17N5O2/c1-13(2)7-10(5-6-20-13)16-12(19)9-3-4-11(15-8-9)17-18-14/h3-4,8,10H,5-7H2,1-2H3,(H,16,19)/t10-/m1/s1. The van der Waals surface area contributed by atoms with Gasteiger partial charge < -0.3 is 10.1 Å². The van der Waals surface area contributed by atoms with Crippen molar-refractivity contribution in [2.75, 3.05) is 6.61 Å². The normalized spacial score (nSPS) is 20.8. The Hall–Kier alpha value is -2.11. The summed E-state index contributed by atoms with van der Waals surface area (Å²) in [5.41, 5.74) is 8.53. The first-order chi connectivity index (χ1) is 9.50. The average Bonchev–Trinajstić information content (AvgIpc) is 2.38. The molecule has 1 aliphatic heterocycles. The van der Waals surface area contributed by atoms with Crippen molar-refractivity contribution >= 4 is 11.7 Å². The maximum absolute atomic E-state index is 12.1. The Balaban J connectivity index is 1.99. The van der Waals surface area contributed by atoms with Crippen LogP contribution in [0.2, 0.25) is 0 Å². The molecule has 1 atom stereocenters. The minimum atomic E-state index is -0.209. The molecule has 7 heteroatoms. The number of hydrogen-bond acceptors (Lipinski definition) is 4. The monoisotopic (exact) mass is 275 g/mol. The lowest BCUT2D eigenvalue weighted by atomic mass is 9.94. The van der Waals surface area contributed by atoms with E-state index in [1.165, 1.54) is 12.3 Å².